The van der Waals surface area contributed by atoms with Crippen molar-refractivity contribution in [1.29, 1.82) is 5.26 Å². The summed E-state index contributed by atoms with van der Waals surface area (Å²) in [7, 11) is -3.68. The smallest absolute Gasteiger partial charge is 0.356 e. The Kier molecular flexibility index (Phi) is 8.29. The monoisotopic (exact) mass is 588 g/mol. The lowest BCUT2D eigenvalue weighted by Crippen LogP contribution is -2.53. The summed E-state index contributed by atoms with van der Waals surface area (Å²) in [6, 6.07) is 6.30. The van der Waals surface area contributed by atoms with Gasteiger partial charge in [0.25, 0.3) is 0 Å². The summed E-state index contributed by atoms with van der Waals surface area (Å²) in [4.78, 5) is 25.5. The summed E-state index contributed by atoms with van der Waals surface area (Å²) < 4.78 is 63.4. The van der Waals surface area contributed by atoms with E-state index >= 15 is 0 Å². The van der Waals surface area contributed by atoms with E-state index in [1.54, 1.807) is 23.1 Å². The summed E-state index contributed by atoms with van der Waals surface area (Å²) in [5, 5.41) is 8.79. The van der Waals surface area contributed by atoms with E-state index in [-0.39, 0.29) is 45.8 Å². The molecular formula is C23H24ClF3N6O3S2. The topological polar surface area (TPSA) is 109 Å². The Hall–Kier alpha value is -2.76. The van der Waals surface area contributed by atoms with Gasteiger partial charge in [-0.05, 0) is 22.6 Å². The molecule has 0 aromatic heterocycles. The number of piperazine rings is 1. The Morgan fingerprint density at radius 1 is 1.29 bits per heavy atom. The lowest BCUT2D eigenvalue weighted by atomic mass is 10.0. The van der Waals surface area contributed by atoms with Crippen molar-refractivity contribution in [3.05, 3.63) is 39.8 Å². The minimum Gasteiger partial charge on any atom is -0.356 e. The van der Waals surface area contributed by atoms with E-state index < -0.39 is 22.6 Å². The second-order valence-electron chi connectivity index (χ2n) is 8.96. The fourth-order valence-electron chi connectivity index (χ4n) is 4.47. The highest BCUT2D eigenvalue weighted by atomic mass is 35.5. The molecule has 3 heterocycles. The number of aliphatic imine (C=N–C) groups is 2. The molecule has 0 radical (unpaired) electrons. The Balaban J connectivity index is 1.37. The van der Waals surface area contributed by atoms with Crippen molar-refractivity contribution in [3.63, 3.8) is 0 Å². The maximum atomic E-state index is 13.0. The lowest BCUT2D eigenvalue weighted by molar-refractivity contribution is -0.131. The van der Waals surface area contributed by atoms with E-state index in [4.69, 9.17) is 16.9 Å². The number of nitriles is 1. The minimum atomic E-state index is -4.29. The van der Waals surface area contributed by atoms with Gasteiger partial charge in [0, 0.05) is 31.2 Å². The van der Waals surface area contributed by atoms with Crippen molar-refractivity contribution in [3.8, 4) is 6.07 Å². The molecule has 0 saturated carbocycles. The fourth-order valence-corrected chi connectivity index (χ4v) is 6.74. The van der Waals surface area contributed by atoms with Crippen LogP contribution in [-0.2, 0) is 21.2 Å². The number of carbonyl (C=O) groups is 1. The SMILES string of the molecule is CS(=O)(=O)N(CC#N)c1ccc(CC(=O)N2CCN(C3=NC=NC4SC(CC(F)(F)F)=CC34)CC2)c(Cl)c1. The molecule has 2 unspecified atom stereocenters. The standard InChI is InChI=1S/C23H24ClF3N6O3S2/c1-38(35,36)33(5-4-28)16-3-2-15(19(24)11-16)10-20(34)31-6-8-32(9-7-31)21-18-12-17(13-23(25,26)27)37-22(18)30-14-29-21/h2-3,11-12,14,18,22H,5-10,13H2,1H3. The molecule has 4 rings (SSSR count). The van der Waals surface area contributed by atoms with Crippen LogP contribution in [0, 0.1) is 17.2 Å². The fraction of sp³-hybridized carbons (Fsp3) is 0.478. The number of nitrogens with zero attached hydrogens (tertiary/aromatic N) is 6. The normalized spacial score (nSPS) is 21.5. The van der Waals surface area contributed by atoms with Gasteiger partial charge in [-0.25, -0.2) is 13.4 Å². The van der Waals surface area contributed by atoms with Crippen LogP contribution in [-0.4, -0.2) is 86.8 Å². The number of amidine groups is 1. The predicted molar refractivity (Wildman–Crippen MR) is 141 cm³/mol. The average molecular weight is 589 g/mol. The molecule has 0 N–H and O–H groups in total. The minimum absolute atomic E-state index is 0.00865. The highest BCUT2D eigenvalue weighted by Gasteiger charge is 2.40. The number of fused-ring (bicyclic) bond motifs is 1. The molecule has 1 fully saturated rings. The van der Waals surface area contributed by atoms with Gasteiger partial charge < -0.3 is 9.80 Å². The highest BCUT2D eigenvalue weighted by Crippen LogP contribution is 2.44. The van der Waals surface area contributed by atoms with Crippen LogP contribution in [0.5, 0.6) is 0 Å². The van der Waals surface area contributed by atoms with E-state index in [2.05, 4.69) is 9.98 Å². The predicted octanol–water partition coefficient (Wildman–Crippen LogP) is 3.28. The maximum absolute atomic E-state index is 13.0. The summed E-state index contributed by atoms with van der Waals surface area (Å²) >= 11 is 7.46. The second-order valence-corrected chi connectivity index (χ2v) is 12.5. The number of sulfonamides is 1. The van der Waals surface area contributed by atoms with Gasteiger partial charge in [0.1, 0.15) is 24.1 Å². The van der Waals surface area contributed by atoms with Crippen LogP contribution >= 0.6 is 23.4 Å². The Labute approximate surface area is 227 Å². The number of allylic oxidation sites excluding steroid dienone is 1. The zero-order valence-electron chi connectivity index (χ0n) is 20.2. The van der Waals surface area contributed by atoms with Gasteiger partial charge in [-0.1, -0.05) is 23.7 Å². The molecule has 1 saturated heterocycles. The summed E-state index contributed by atoms with van der Waals surface area (Å²) in [6.07, 6.45) is -1.28. The Morgan fingerprint density at radius 2 is 2.00 bits per heavy atom. The molecule has 1 aromatic carbocycles. The van der Waals surface area contributed by atoms with Crippen LogP contribution in [0.2, 0.25) is 5.02 Å². The van der Waals surface area contributed by atoms with E-state index in [0.717, 1.165) is 22.3 Å². The van der Waals surface area contributed by atoms with Gasteiger partial charge in [-0.15, -0.1) is 11.8 Å². The van der Waals surface area contributed by atoms with Crippen LogP contribution < -0.4 is 4.31 Å². The first-order valence-corrected chi connectivity index (χ1v) is 14.7. The maximum Gasteiger partial charge on any atom is 0.393 e. The van der Waals surface area contributed by atoms with Gasteiger partial charge in [0.05, 0.1) is 36.8 Å². The quantitative estimate of drug-likeness (QED) is 0.472. The first-order valence-electron chi connectivity index (χ1n) is 11.5. The third-order valence-corrected chi connectivity index (χ3v) is 8.99. The van der Waals surface area contributed by atoms with Crippen molar-refractivity contribution < 1.29 is 26.4 Å². The number of alkyl halides is 3. The molecule has 2 atom stereocenters. The molecule has 0 aliphatic carbocycles. The zero-order chi connectivity index (χ0) is 27.7. The third-order valence-electron chi connectivity index (χ3n) is 6.26. The summed E-state index contributed by atoms with van der Waals surface area (Å²) in [6.45, 7) is 1.38. The molecule has 9 nitrogen and oxygen atoms in total. The van der Waals surface area contributed by atoms with Crippen molar-refractivity contribution in [1.82, 2.24) is 9.80 Å². The van der Waals surface area contributed by atoms with Gasteiger partial charge in [-0.3, -0.25) is 14.1 Å². The van der Waals surface area contributed by atoms with Crippen molar-refractivity contribution in [2.75, 3.05) is 43.3 Å². The summed E-state index contributed by atoms with van der Waals surface area (Å²) in [5.74, 6) is 0.160. The largest absolute Gasteiger partial charge is 0.393 e. The number of hydrogen-bond donors (Lipinski definition) is 0. The van der Waals surface area contributed by atoms with Crippen LogP contribution in [0.15, 0.2) is 39.2 Å². The molecule has 1 aromatic rings. The summed E-state index contributed by atoms with van der Waals surface area (Å²) in [5.41, 5.74) is 0.755. The number of hydrogen-bond acceptors (Lipinski definition) is 8. The van der Waals surface area contributed by atoms with E-state index in [1.807, 2.05) is 4.90 Å². The van der Waals surface area contributed by atoms with E-state index in [0.29, 0.717) is 37.6 Å². The zero-order valence-corrected chi connectivity index (χ0v) is 22.6. The number of thioether (sulfide) groups is 1. The van der Waals surface area contributed by atoms with Gasteiger partial charge in [0.2, 0.25) is 15.9 Å². The number of halogens is 4. The number of amides is 1. The van der Waals surface area contributed by atoms with Crippen molar-refractivity contribution in [2.24, 2.45) is 15.9 Å². The first-order chi connectivity index (χ1) is 17.9. The molecule has 3 aliphatic heterocycles. The van der Waals surface area contributed by atoms with E-state index in [1.165, 1.54) is 18.5 Å². The number of carbonyl (C=O) groups excluding carboxylic acids is 1. The third kappa shape index (κ3) is 6.62. The number of rotatable bonds is 6. The van der Waals surface area contributed by atoms with Gasteiger partial charge >= 0.3 is 6.18 Å². The lowest BCUT2D eigenvalue weighted by Gasteiger charge is -2.39. The van der Waals surface area contributed by atoms with Gasteiger partial charge in [-0.2, -0.15) is 18.4 Å². The molecular weight excluding hydrogens is 565 g/mol. The highest BCUT2D eigenvalue weighted by molar-refractivity contribution is 8.04. The molecule has 1 amide bonds. The second kappa shape index (κ2) is 11.2. The average Bonchev–Trinajstić information content (AvgIpc) is 3.24. The van der Waals surface area contributed by atoms with Crippen LogP contribution in [0.4, 0.5) is 18.9 Å². The van der Waals surface area contributed by atoms with Crippen LogP contribution in [0.3, 0.4) is 0 Å². The Morgan fingerprint density at radius 3 is 2.61 bits per heavy atom. The van der Waals surface area contributed by atoms with Crippen molar-refractivity contribution >= 4 is 57.2 Å². The number of benzene rings is 1. The van der Waals surface area contributed by atoms with Crippen molar-refractivity contribution in [2.45, 2.75) is 24.4 Å². The first kappa shape index (κ1) is 28.3. The molecule has 15 heteroatoms. The molecule has 204 valence electrons. The Bertz CT molecular complexity index is 1330. The molecule has 3 aliphatic rings. The number of anilines is 1. The van der Waals surface area contributed by atoms with Crippen LogP contribution in [0.25, 0.3) is 0 Å². The van der Waals surface area contributed by atoms with E-state index in [9.17, 15) is 26.4 Å². The molecule has 0 bridgehead atoms. The van der Waals surface area contributed by atoms with Crippen LogP contribution in [0.1, 0.15) is 12.0 Å². The molecule has 38 heavy (non-hydrogen) atoms. The van der Waals surface area contributed by atoms with Gasteiger partial charge in [0.15, 0.2) is 0 Å². The molecule has 0 spiro atoms.